The van der Waals surface area contributed by atoms with Crippen molar-refractivity contribution in [2.24, 2.45) is 5.73 Å². The number of aromatic carboxylic acids is 1. The molecule has 1 aromatic heterocycles. The molecule has 6 nitrogen and oxygen atoms in total. The molecule has 22 heavy (non-hydrogen) atoms. The van der Waals surface area contributed by atoms with Crippen molar-refractivity contribution in [1.29, 1.82) is 0 Å². The number of aromatic nitrogens is 2. The summed E-state index contributed by atoms with van der Waals surface area (Å²) in [4.78, 5) is 19.2. The number of ether oxygens (including phenoxy) is 1. The van der Waals surface area contributed by atoms with E-state index in [1.165, 1.54) is 6.33 Å². The van der Waals surface area contributed by atoms with E-state index in [1.807, 2.05) is 6.07 Å². The molecule has 0 fully saturated rings. The number of hydrogen-bond acceptors (Lipinski definition) is 5. The molecule has 0 atom stereocenters. The predicted molar refractivity (Wildman–Crippen MR) is 80.9 cm³/mol. The maximum atomic E-state index is 11.2. The fraction of sp³-hybridized carbons (Fsp3) is 0.0625. The van der Waals surface area contributed by atoms with Gasteiger partial charge in [-0.3, -0.25) is 0 Å². The fourth-order valence-corrected chi connectivity index (χ4v) is 2.18. The van der Waals surface area contributed by atoms with E-state index in [4.69, 9.17) is 10.5 Å². The van der Waals surface area contributed by atoms with Gasteiger partial charge in [0.2, 0.25) is 5.88 Å². The highest BCUT2D eigenvalue weighted by Gasteiger charge is 2.09. The van der Waals surface area contributed by atoms with E-state index in [9.17, 15) is 9.90 Å². The monoisotopic (exact) mass is 295 g/mol. The molecule has 0 saturated carbocycles. The Hall–Kier alpha value is -2.99. The summed E-state index contributed by atoms with van der Waals surface area (Å²) in [6, 6.07) is 12.0. The molecule has 3 N–H and O–H groups in total. The highest BCUT2D eigenvalue weighted by atomic mass is 16.5. The molecule has 0 saturated heterocycles. The van der Waals surface area contributed by atoms with Crippen molar-refractivity contribution in [3.8, 4) is 11.6 Å². The van der Waals surface area contributed by atoms with E-state index in [-0.39, 0.29) is 5.56 Å². The zero-order chi connectivity index (χ0) is 15.5. The molecule has 6 heteroatoms. The van der Waals surface area contributed by atoms with Crippen LogP contribution in [0.4, 0.5) is 0 Å². The molecule has 0 aliphatic carbocycles. The zero-order valence-electron chi connectivity index (χ0n) is 11.6. The summed E-state index contributed by atoms with van der Waals surface area (Å²) in [5, 5.41) is 10.6. The van der Waals surface area contributed by atoms with Crippen molar-refractivity contribution >= 4 is 16.7 Å². The van der Waals surface area contributed by atoms with Gasteiger partial charge in [-0.25, -0.2) is 14.8 Å². The van der Waals surface area contributed by atoms with Gasteiger partial charge in [0.25, 0.3) is 0 Å². The number of nitrogens with two attached hydrogens (primary N) is 1. The number of benzene rings is 2. The van der Waals surface area contributed by atoms with Crippen LogP contribution >= 0.6 is 0 Å². The van der Waals surface area contributed by atoms with E-state index >= 15 is 0 Å². The van der Waals surface area contributed by atoms with Gasteiger partial charge in [-0.05, 0) is 35.0 Å². The van der Waals surface area contributed by atoms with Crippen LogP contribution in [0.2, 0.25) is 0 Å². The molecule has 0 aliphatic rings. The zero-order valence-corrected chi connectivity index (χ0v) is 11.6. The summed E-state index contributed by atoms with van der Waals surface area (Å²) in [5.74, 6) is 0.00329. The molecule has 0 aliphatic heterocycles. The smallest absolute Gasteiger partial charge is 0.336 e. The fourth-order valence-electron chi connectivity index (χ4n) is 2.18. The lowest BCUT2D eigenvalue weighted by molar-refractivity contribution is 0.0699. The molecule has 3 rings (SSSR count). The number of nitrogens with zero attached hydrogens (tertiary/aromatic N) is 2. The molecule has 0 unspecified atom stereocenters. The Balaban J connectivity index is 1.97. The van der Waals surface area contributed by atoms with Gasteiger partial charge in [0.1, 0.15) is 12.1 Å². The largest absolute Gasteiger partial charge is 0.478 e. The lowest BCUT2D eigenvalue weighted by Crippen LogP contribution is -2.00. The Morgan fingerprint density at radius 1 is 1.18 bits per heavy atom. The van der Waals surface area contributed by atoms with Gasteiger partial charge in [0.15, 0.2) is 0 Å². The molecule has 0 spiro atoms. The second-order valence-electron chi connectivity index (χ2n) is 4.65. The Morgan fingerprint density at radius 2 is 2.05 bits per heavy atom. The first-order chi connectivity index (χ1) is 10.7. The molecule has 0 amide bonds. The van der Waals surface area contributed by atoms with Gasteiger partial charge in [-0.1, -0.05) is 12.1 Å². The van der Waals surface area contributed by atoms with E-state index in [0.717, 1.165) is 5.39 Å². The van der Waals surface area contributed by atoms with Gasteiger partial charge in [-0.2, -0.15) is 0 Å². The number of carbonyl (C=O) groups is 1. The number of carboxylic acids is 1. The average Bonchev–Trinajstić information content (AvgIpc) is 2.54. The summed E-state index contributed by atoms with van der Waals surface area (Å²) in [5.41, 5.74) is 6.47. The summed E-state index contributed by atoms with van der Waals surface area (Å²) in [6.07, 6.45) is 1.39. The number of hydrogen-bond donors (Lipinski definition) is 2. The highest BCUT2D eigenvalue weighted by Crippen LogP contribution is 2.26. The van der Waals surface area contributed by atoms with Crippen LogP contribution in [0.15, 0.2) is 48.8 Å². The van der Waals surface area contributed by atoms with Gasteiger partial charge in [-0.15, -0.1) is 0 Å². The van der Waals surface area contributed by atoms with Gasteiger partial charge in [0.05, 0.1) is 11.3 Å². The predicted octanol–water partition coefficient (Wildman–Crippen LogP) is 2.58. The summed E-state index contributed by atoms with van der Waals surface area (Å²) in [6.45, 7) is 0.304. The SMILES string of the molecule is NCc1cc(Oc2ccc3c(C(=O)O)cccc3c2)ncn1. The van der Waals surface area contributed by atoms with Crippen LogP contribution in [0.5, 0.6) is 11.6 Å². The first kappa shape index (κ1) is 14.0. The van der Waals surface area contributed by atoms with Crippen LogP contribution in [0, 0.1) is 0 Å². The minimum atomic E-state index is -0.956. The van der Waals surface area contributed by atoms with Gasteiger partial charge < -0.3 is 15.6 Å². The van der Waals surface area contributed by atoms with Crippen molar-refractivity contribution < 1.29 is 14.6 Å². The third kappa shape index (κ3) is 2.72. The summed E-state index contributed by atoms with van der Waals surface area (Å²) < 4.78 is 5.68. The molecule has 1 heterocycles. The van der Waals surface area contributed by atoms with Gasteiger partial charge >= 0.3 is 5.97 Å². The molecular weight excluding hydrogens is 282 g/mol. The van der Waals surface area contributed by atoms with Crippen molar-refractivity contribution in [2.75, 3.05) is 0 Å². The first-order valence-corrected chi connectivity index (χ1v) is 6.62. The van der Waals surface area contributed by atoms with Crippen molar-refractivity contribution in [1.82, 2.24) is 9.97 Å². The third-order valence-electron chi connectivity index (χ3n) is 3.21. The Morgan fingerprint density at radius 3 is 2.82 bits per heavy atom. The highest BCUT2D eigenvalue weighted by molar-refractivity contribution is 6.03. The number of carboxylic acid groups (broad SMARTS) is 1. The van der Waals surface area contributed by atoms with Crippen LogP contribution in [0.1, 0.15) is 16.1 Å². The van der Waals surface area contributed by atoms with Crippen LogP contribution < -0.4 is 10.5 Å². The van der Waals surface area contributed by atoms with E-state index in [0.29, 0.717) is 29.3 Å². The van der Waals surface area contributed by atoms with E-state index < -0.39 is 5.97 Å². The maximum absolute atomic E-state index is 11.2. The molecule has 110 valence electrons. The minimum Gasteiger partial charge on any atom is -0.478 e. The normalized spacial score (nSPS) is 10.6. The third-order valence-corrected chi connectivity index (χ3v) is 3.21. The maximum Gasteiger partial charge on any atom is 0.336 e. The van der Waals surface area contributed by atoms with Crippen molar-refractivity contribution in [2.45, 2.75) is 6.54 Å². The first-order valence-electron chi connectivity index (χ1n) is 6.62. The van der Waals surface area contributed by atoms with Crippen LogP contribution in [-0.4, -0.2) is 21.0 Å². The Bertz CT molecular complexity index is 849. The lowest BCUT2D eigenvalue weighted by atomic mass is 10.0. The quantitative estimate of drug-likeness (QED) is 0.767. The second-order valence-corrected chi connectivity index (χ2v) is 4.65. The van der Waals surface area contributed by atoms with Crippen LogP contribution in [0.25, 0.3) is 10.8 Å². The molecule has 0 bridgehead atoms. The Kier molecular flexibility index (Phi) is 3.67. The second kappa shape index (κ2) is 5.79. The summed E-state index contributed by atoms with van der Waals surface area (Å²) in [7, 11) is 0. The van der Waals surface area contributed by atoms with E-state index in [2.05, 4.69) is 9.97 Å². The molecular formula is C16H13N3O3. The molecule has 0 radical (unpaired) electrons. The lowest BCUT2D eigenvalue weighted by Gasteiger charge is -2.08. The standard InChI is InChI=1S/C16H13N3O3/c17-8-11-7-15(19-9-18-11)22-12-4-5-13-10(6-12)2-1-3-14(13)16(20)21/h1-7,9H,8,17H2,(H,20,21). The van der Waals surface area contributed by atoms with Gasteiger partial charge in [0, 0.05) is 12.6 Å². The molecule has 3 aromatic rings. The summed E-state index contributed by atoms with van der Waals surface area (Å²) >= 11 is 0. The molecule has 2 aromatic carbocycles. The average molecular weight is 295 g/mol. The number of rotatable bonds is 4. The number of fused-ring (bicyclic) bond motifs is 1. The van der Waals surface area contributed by atoms with Crippen molar-refractivity contribution in [3.63, 3.8) is 0 Å². The van der Waals surface area contributed by atoms with Crippen LogP contribution in [-0.2, 0) is 6.54 Å². The Labute approximate surface area is 126 Å². The van der Waals surface area contributed by atoms with E-state index in [1.54, 1.807) is 36.4 Å². The van der Waals surface area contributed by atoms with Crippen LogP contribution in [0.3, 0.4) is 0 Å². The topological polar surface area (TPSA) is 98.3 Å². The minimum absolute atomic E-state index is 0.261. The van der Waals surface area contributed by atoms with Crippen molar-refractivity contribution in [3.05, 3.63) is 60.0 Å².